The first-order valence-electron chi connectivity index (χ1n) is 6.41. The fraction of sp³-hybridized carbons (Fsp3) is 0.500. The Hall–Kier alpha value is -1.62. The Morgan fingerprint density at radius 2 is 2.16 bits per heavy atom. The minimum absolute atomic E-state index is 0.0822. The van der Waals surface area contributed by atoms with Gasteiger partial charge in [-0.05, 0) is 37.2 Å². The maximum Gasteiger partial charge on any atom is 0.331 e. The first kappa shape index (κ1) is 13.8. The van der Waals surface area contributed by atoms with Gasteiger partial charge in [0.25, 0.3) is 0 Å². The molecule has 1 aliphatic rings. The summed E-state index contributed by atoms with van der Waals surface area (Å²) >= 11 is 0. The number of halogens is 1. The van der Waals surface area contributed by atoms with Gasteiger partial charge >= 0.3 is 5.97 Å². The van der Waals surface area contributed by atoms with Crippen molar-refractivity contribution in [3.8, 4) is 0 Å². The monoisotopic (exact) mass is 266 g/mol. The van der Waals surface area contributed by atoms with Gasteiger partial charge in [-0.15, -0.1) is 0 Å². The summed E-state index contributed by atoms with van der Waals surface area (Å²) in [6.45, 7) is 3.48. The van der Waals surface area contributed by atoms with Gasteiger partial charge in [0.2, 0.25) is 0 Å². The largest absolute Gasteiger partial charge is 0.467 e. The van der Waals surface area contributed by atoms with Gasteiger partial charge in [-0.2, -0.15) is 0 Å². The number of nitrogens with one attached hydrogen (secondary N) is 2. The Morgan fingerprint density at radius 1 is 1.47 bits per heavy atom. The first-order valence-corrected chi connectivity index (χ1v) is 6.41. The number of ether oxygens (including phenoxy) is 1. The van der Waals surface area contributed by atoms with Crippen LogP contribution in [0.2, 0.25) is 0 Å². The molecule has 1 aromatic rings. The molecule has 5 heteroatoms. The third-order valence-corrected chi connectivity index (χ3v) is 3.75. The van der Waals surface area contributed by atoms with E-state index in [-0.39, 0.29) is 17.7 Å². The normalized spacial score (nSPS) is 26.8. The molecule has 2 atom stereocenters. The fourth-order valence-electron chi connectivity index (χ4n) is 2.54. The molecule has 0 radical (unpaired) electrons. The summed E-state index contributed by atoms with van der Waals surface area (Å²) < 4.78 is 17.9. The zero-order chi connectivity index (χ0) is 13.9. The number of hydrogen-bond donors (Lipinski definition) is 2. The van der Waals surface area contributed by atoms with E-state index in [9.17, 15) is 9.18 Å². The average molecular weight is 266 g/mol. The van der Waals surface area contributed by atoms with Gasteiger partial charge < -0.3 is 15.4 Å². The van der Waals surface area contributed by atoms with Crippen LogP contribution in [0.5, 0.6) is 0 Å². The summed E-state index contributed by atoms with van der Waals surface area (Å²) in [5.41, 5.74) is -0.0294. The lowest BCUT2D eigenvalue weighted by molar-refractivity contribution is -0.148. The molecule has 2 N–H and O–H groups in total. The number of piperidine rings is 1. The molecule has 0 saturated carbocycles. The molecule has 1 fully saturated rings. The molecule has 0 aliphatic carbocycles. The first-order chi connectivity index (χ1) is 9.08. The molecule has 1 aromatic carbocycles. The van der Waals surface area contributed by atoms with Crippen molar-refractivity contribution in [3.63, 3.8) is 0 Å². The molecule has 1 saturated heterocycles. The summed E-state index contributed by atoms with van der Waals surface area (Å²) in [5.74, 6) is -0.486. The van der Waals surface area contributed by atoms with Crippen molar-refractivity contribution in [1.29, 1.82) is 0 Å². The van der Waals surface area contributed by atoms with Crippen molar-refractivity contribution in [2.24, 2.45) is 5.92 Å². The number of esters is 1. The quantitative estimate of drug-likeness (QED) is 0.819. The van der Waals surface area contributed by atoms with Gasteiger partial charge in [0.1, 0.15) is 11.4 Å². The van der Waals surface area contributed by atoms with Crippen LogP contribution in [-0.2, 0) is 9.53 Å². The van der Waals surface area contributed by atoms with E-state index < -0.39 is 5.54 Å². The smallest absolute Gasteiger partial charge is 0.331 e. The summed E-state index contributed by atoms with van der Waals surface area (Å²) in [6, 6.07) is 6.02. The van der Waals surface area contributed by atoms with Crippen LogP contribution in [0.15, 0.2) is 24.3 Å². The molecule has 1 aliphatic heterocycles. The number of benzene rings is 1. The SMILES string of the molecule is COC(=O)C1(Nc2ccc(F)cc2)CCNCC1C. The highest BCUT2D eigenvalue weighted by molar-refractivity contribution is 5.85. The van der Waals surface area contributed by atoms with E-state index in [0.717, 1.165) is 18.8 Å². The Morgan fingerprint density at radius 3 is 2.74 bits per heavy atom. The van der Waals surface area contributed by atoms with E-state index in [0.29, 0.717) is 6.42 Å². The Kier molecular flexibility index (Phi) is 4.04. The molecule has 2 rings (SSSR count). The summed E-state index contributed by atoms with van der Waals surface area (Å²) in [7, 11) is 1.39. The van der Waals surface area contributed by atoms with E-state index >= 15 is 0 Å². The van der Waals surface area contributed by atoms with Gasteiger partial charge in [0.15, 0.2) is 0 Å². The predicted octanol–water partition coefficient (Wildman–Crippen LogP) is 1.78. The van der Waals surface area contributed by atoms with Crippen molar-refractivity contribution in [3.05, 3.63) is 30.1 Å². The van der Waals surface area contributed by atoms with Crippen molar-refractivity contribution >= 4 is 11.7 Å². The number of carbonyl (C=O) groups excluding carboxylic acids is 1. The lowest BCUT2D eigenvalue weighted by Gasteiger charge is -2.41. The molecular weight excluding hydrogens is 247 g/mol. The highest BCUT2D eigenvalue weighted by Gasteiger charge is 2.46. The van der Waals surface area contributed by atoms with Crippen LogP contribution in [0.3, 0.4) is 0 Å². The second-order valence-electron chi connectivity index (χ2n) is 4.95. The Bertz CT molecular complexity index is 449. The second kappa shape index (κ2) is 5.57. The van der Waals surface area contributed by atoms with E-state index in [1.54, 1.807) is 12.1 Å². The zero-order valence-corrected chi connectivity index (χ0v) is 11.2. The van der Waals surface area contributed by atoms with Gasteiger partial charge in [-0.1, -0.05) is 6.92 Å². The van der Waals surface area contributed by atoms with Crippen LogP contribution in [0.1, 0.15) is 13.3 Å². The minimum atomic E-state index is -0.752. The maximum atomic E-state index is 12.9. The highest BCUT2D eigenvalue weighted by Crippen LogP contribution is 2.30. The number of carbonyl (C=O) groups is 1. The molecule has 0 spiro atoms. The third-order valence-electron chi connectivity index (χ3n) is 3.75. The van der Waals surface area contributed by atoms with Gasteiger partial charge in [-0.3, -0.25) is 0 Å². The average Bonchev–Trinajstić information content (AvgIpc) is 2.43. The number of methoxy groups -OCH3 is 1. The molecule has 19 heavy (non-hydrogen) atoms. The van der Waals surface area contributed by atoms with Gasteiger partial charge in [0, 0.05) is 18.2 Å². The Labute approximate surface area is 112 Å². The minimum Gasteiger partial charge on any atom is -0.467 e. The summed E-state index contributed by atoms with van der Waals surface area (Å²) in [6.07, 6.45) is 0.637. The molecule has 1 heterocycles. The van der Waals surface area contributed by atoms with E-state index in [1.807, 2.05) is 6.92 Å². The van der Waals surface area contributed by atoms with Crippen LogP contribution in [0, 0.1) is 11.7 Å². The van der Waals surface area contributed by atoms with Crippen LogP contribution < -0.4 is 10.6 Å². The molecule has 4 nitrogen and oxygen atoms in total. The van der Waals surface area contributed by atoms with E-state index in [2.05, 4.69) is 10.6 Å². The molecular formula is C14H19FN2O2. The molecule has 0 bridgehead atoms. The highest BCUT2D eigenvalue weighted by atomic mass is 19.1. The van der Waals surface area contributed by atoms with Crippen LogP contribution >= 0.6 is 0 Å². The third kappa shape index (κ3) is 2.71. The Balaban J connectivity index is 2.27. The molecule has 0 aromatic heterocycles. The second-order valence-corrected chi connectivity index (χ2v) is 4.95. The van der Waals surface area contributed by atoms with Gasteiger partial charge in [-0.25, -0.2) is 9.18 Å². The number of rotatable bonds is 3. The van der Waals surface area contributed by atoms with E-state index in [1.165, 1.54) is 19.2 Å². The van der Waals surface area contributed by atoms with E-state index in [4.69, 9.17) is 4.74 Å². The summed E-state index contributed by atoms with van der Waals surface area (Å²) in [5, 5.41) is 6.50. The lowest BCUT2D eigenvalue weighted by Crippen LogP contribution is -2.59. The maximum absolute atomic E-state index is 12.9. The molecule has 2 unspecified atom stereocenters. The van der Waals surface area contributed by atoms with Crippen molar-refractivity contribution in [2.75, 3.05) is 25.5 Å². The fourth-order valence-corrected chi connectivity index (χ4v) is 2.54. The topological polar surface area (TPSA) is 50.4 Å². The lowest BCUT2D eigenvalue weighted by atomic mass is 9.79. The molecule has 0 amide bonds. The van der Waals surface area contributed by atoms with Crippen molar-refractivity contribution < 1.29 is 13.9 Å². The number of anilines is 1. The van der Waals surface area contributed by atoms with Crippen LogP contribution in [0.25, 0.3) is 0 Å². The van der Waals surface area contributed by atoms with Crippen LogP contribution in [-0.4, -0.2) is 31.7 Å². The zero-order valence-electron chi connectivity index (χ0n) is 11.2. The van der Waals surface area contributed by atoms with Crippen molar-refractivity contribution in [2.45, 2.75) is 18.9 Å². The van der Waals surface area contributed by atoms with Gasteiger partial charge in [0.05, 0.1) is 7.11 Å². The predicted molar refractivity (Wildman–Crippen MR) is 71.4 cm³/mol. The van der Waals surface area contributed by atoms with Crippen molar-refractivity contribution in [1.82, 2.24) is 5.32 Å². The summed E-state index contributed by atoms with van der Waals surface area (Å²) in [4.78, 5) is 12.2. The number of hydrogen-bond acceptors (Lipinski definition) is 4. The standard InChI is InChI=1S/C14H19FN2O2/c1-10-9-16-8-7-14(10,13(18)19-2)17-12-5-3-11(15)4-6-12/h3-6,10,16-17H,7-9H2,1-2H3. The van der Waals surface area contributed by atoms with Crippen LogP contribution in [0.4, 0.5) is 10.1 Å². The molecule has 104 valence electrons.